The summed E-state index contributed by atoms with van der Waals surface area (Å²) in [5, 5.41) is 8.82. The van der Waals surface area contributed by atoms with E-state index in [0.29, 0.717) is 17.0 Å². The average molecular weight is 328 g/mol. The van der Waals surface area contributed by atoms with Gasteiger partial charge < -0.3 is 15.4 Å². The number of carbonyl (C=O) groups excluding carboxylic acids is 3. The van der Waals surface area contributed by atoms with E-state index in [-0.39, 0.29) is 5.70 Å². The Morgan fingerprint density at radius 2 is 1.96 bits per heavy atom. The summed E-state index contributed by atoms with van der Waals surface area (Å²) in [7, 11) is 1.21. The number of carbonyl (C=O) groups is 3. The highest BCUT2D eigenvalue weighted by molar-refractivity contribution is 6.04. The molecule has 0 bridgehead atoms. The topological polar surface area (TPSA) is 109 Å². The van der Waals surface area contributed by atoms with Crippen molar-refractivity contribution in [3.8, 4) is 0 Å². The van der Waals surface area contributed by atoms with Crippen molar-refractivity contribution in [3.63, 3.8) is 0 Å². The molecule has 8 nitrogen and oxygen atoms in total. The number of nitrogens with one attached hydrogen (secondary N) is 3. The van der Waals surface area contributed by atoms with Crippen molar-refractivity contribution in [2.24, 2.45) is 5.10 Å². The first-order valence-electron chi connectivity index (χ1n) is 6.99. The van der Waals surface area contributed by atoms with E-state index in [4.69, 9.17) is 0 Å². The molecule has 3 N–H and O–H groups in total. The van der Waals surface area contributed by atoms with E-state index in [9.17, 15) is 14.4 Å². The van der Waals surface area contributed by atoms with E-state index in [0.717, 1.165) is 0 Å². The van der Waals surface area contributed by atoms with Crippen LogP contribution < -0.4 is 16.1 Å². The molecule has 0 aliphatic carbocycles. The quantitative estimate of drug-likeness (QED) is 0.567. The predicted octanol–water partition coefficient (Wildman–Crippen LogP) is 1.05. The third-order valence-corrected chi connectivity index (χ3v) is 3.07. The fourth-order valence-electron chi connectivity index (χ4n) is 1.82. The summed E-state index contributed by atoms with van der Waals surface area (Å²) < 4.78 is 4.66. The molecule has 1 aromatic rings. The average Bonchev–Trinajstić information content (AvgIpc) is 2.61. The van der Waals surface area contributed by atoms with Crippen molar-refractivity contribution >= 4 is 23.6 Å². The fourth-order valence-corrected chi connectivity index (χ4v) is 1.82. The SMILES string of the molecule is COC(=O)/C(=C/C=C1\NC(=O)NN=C1C)NC(=O)c1ccccc1. The number of esters is 1. The number of allylic oxidation sites excluding steroid dienone is 3. The summed E-state index contributed by atoms with van der Waals surface area (Å²) in [4.78, 5) is 35.3. The second kappa shape index (κ2) is 7.73. The highest BCUT2D eigenvalue weighted by Crippen LogP contribution is 2.04. The molecule has 1 aromatic carbocycles. The van der Waals surface area contributed by atoms with Gasteiger partial charge in [-0.2, -0.15) is 5.10 Å². The van der Waals surface area contributed by atoms with Crippen LogP contribution in [0.1, 0.15) is 17.3 Å². The number of benzene rings is 1. The first-order chi connectivity index (χ1) is 11.5. The van der Waals surface area contributed by atoms with Gasteiger partial charge in [0, 0.05) is 5.56 Å². The third-order valence-electron chi connectivity index (χ3n) is 3.07. The highest BCUT2D eigenvalue weighted by Gasteiger charge is 2.16. The van der Waals surface area contributed by atoms with E-state index in [1.54, 1.807) is 37.3 Å². The summed E-state index contributed by atoms with van der Waals surface area (Å²) >= 11 is 0. The van der Waals surface area contributed by atoms with Crippen molar-refractivity contribution < 1.29 is 19.1 Å². The molecule has 0 fully saturated rings. The molecule has 8 heteroatoms. The molecule has 0 spiro atoms. The highest BCUT2D eigenvalue weighted by atomic mass is 16.5. The van der Waals surface area contributed by atoms with Crippen molar-refractivity contribution in [1.82, 2.24) is 16.1 Å². The van der Waals surface area contributed by atoms with Gasteiger partial charge in [0.15, 0.2) is 0 Å². The Kier molecular flexibility index (Phi) is 5.45. The molecule has 0 saturated heterocycles. The molecule has 1 aliphatic heterocycles. The molecule has 24 heavy (non-hydrogen) atoms. The molecule has 3 amide bonds. The zero-order valence-corrected chi connectivity index (χ0v) is 13.1. The van der Waals surface area contributed by atoms with E-state index in [1.165, 1.54) is 19.3 Å². The first-order valence-corrected chi connectivity index (χ1v) is 6.99. The van der Waals surface area contributed by atoms with Crippen LogP contribution in [0, 0.1) is 0 Å². The Hall–Kier alpha value is -3.42. The molecule has 1 aliphatic rings. The maximum absolute atomic E-state index is 12.2. The van der Waals surface area contributed by atoms with Gasteiger partial charge in [0.25, 0.3) is 5.91 Å². The van der Waals surface area contributed by atoms with Gasteiger partial charge in [0.2, 0.25) is 0 Å². The Morgan fingerprint density at radius 1 is 1.25 bits per heavy atom. The number of methoxy groups -OCH3 is 1. The minimum atomic E-state index is -0.717. The largest absolute Gasteiger partial charge is 0.464 e. The van der Waals surface area contributed by atoms with Crippen molar-refractivity contribution in [3.05, 3.63) is 59.4 Å². The number of ether oxygens (including phenoxy) is 1. The number of nitrogens with zero attached hydrogens (tertiary/aromatic N) is 1. The summed E-state index contributed by atoms with van der Waals surface area (Å²) in [5.41, 5.74) is 3.49. The summed E-state index contributed by atoms with van der Waals surface area (Å²) in [6, 6.07) is 7.94. The van der Waals surface area contributed by atoms with Crippen LogP contribution in [0.15, 0.2) is 59.0 Å². The minimum absolute atomic E-state index is 0.0700. The van der Waals surface area contributed by atoms with Crippen molar-refractivity contribution in [1.29, 1.82) is 0 Å². The van der Waals surface area contributed by atoms with Gasteiger partial charge in [-0.05, 0) is 31.2 Å². The standard InChI is InChI=1S/C16H16N4O4/c1-10-12(18-16(23)20-19-10)8-9-13(15(22)24-2)17-14(21)11-6-4-3-5-7-11/h3-9H,1-2H3,(H,17,21)(H2,18,20,23)/b12-8-,13-9-. The van der Waals surface area contributed by atoms with Crippen LogP contribution in [0.5, 0.6) is 0 Å². The van der Waals surface area contributed by atoms with Gasteiger partial charge >= 0.3 is 12.0 Å². The Balaban J connectivity index is 2.24. The van der Waals surface area contributed by atoms with Gasteiger partial charge in [-0.3, -0.25) is 4.79 Å². The zero-order chi connectivity index (χ0) is 17.5. The van der Waals surface area contributed by atoms with Crippen LogP contribution in [0.25, 0.3) is 0 Å². The Labute approximate surface area is 138 Å². The lowest BCUT2D eigenvalue weighted by Gasteiger charge is -2.14. The number of hydrogen-bond donors (Lipinski definition) is 3. The maximum Gasteiger partial charge on any atom is 0.354 e. The molecular weight excluding hydrogens is 312 g/mol. The maximum atomic E-state index is 12.2. The molecule has 0 radical (unpaired) electrons. The minimum Gasteiger partial charge on any atom is -0.464 e. The number of rotatable bonds is 4. The molecule has 0 aromatic heterocycles. The lowest BCUT2D eigenvalue weighted by atomic mass is 10.2. The number of hydrogen-bond acceptors (Lipinski definition) is 5. The normalized spacial score (nSPS) is 15.9. The molecule has 0 saturated carbocycles. The lowest BCUT2D eigenvalue weighted by Crippen LogP contribution is -2.39. The van der Waals surface area contributed by atoms with E-state index in [1.807, 2.05) is 0 Å². The van der Waals surface area contributed by atoms with Gasteiger partial charge in [-0.25, -0.2) is 15.0 Å². The molecule has 1 heterocycles. The third kappa shape index (κ3) is 4.29. The van der Waals surface area contributed by atoms with Crippen molar-refractivity contribution in [2.45, 2.75) is 6.92 Å². The smallest absolute Gasteiger partial charge is 0.354 e. The van der Waals surface area contributed by atoms with E-state index in [2.05, 4.69) is 25.9 Å². The molecule has 124 valence electrons. The second-order valence-electron chi connectivity index (χ2n) is 4.74. The van der Waals surface area contributed by atoms with Crippen LogP contribution in [-0.2, 0) is 9.53 Å². The monoisotopic (exact) mass is 328 g/mol. The van der Waals surface area contributed by atoms with Crippen LogP contribution in [0.3, 0.4) is 0 Å². The fraction of sp³-hybridized carbons (Fsp3) is 0.125. The Bertz CT molecular complexity index is 751. The molecule has 2 rings (SSSR count). The van der Waals surface area contributed by atoms with Crippen molar-refractivity contribution in [2.75, 3.05) is 7.11 Å². The van der Waals surface area contributed by atoms with Crippen LogP contribution in [0.4, 0.5) is 4.79 Å². The van der Waals surface area contributed by atoms with Crippen LogP contribution in [-0.4, -0.2) is 30.7 Å². The molecule has 0 unspecified atom stereocenters. The summed E-state index contributed by atoms with van der Waals surface area (Å²) in [6.07, 6.45) is 2.79. The second-order valence-corrected chi connectivity index (χ2v) is 4.74. The van der Waals surface area contributed by atoms with Gasteiger partial charge in [-0.1, -0.05) is 18.2 Å². The van der Waals surface area contributed by atoms with Gasteiger partial charge in [0.05, 0.1) is 18.5 Å². The summed E-state index contributed by atoms with van der Waals surface area (Å²) in [5.74, 6) is -1.17. The van der Waals surface area contributed by atoms with Gasteiger partial charge in [0.1, 0.15) is 5.70 Å². The first kappa shape index (κ1) is 16.9. The summed E-state index contributed by atoms with van der Waals surface area (Å²) in [6.45, 7) is 1.67. The van der Waals surface area contributed by atoms with E-state index >= 15 is 0 Å². The number of urea groups is 1. The molecular formula is C16H16N4O4. The van der Waals surface area contributed by atoms with Crippen LogP contribution >= 0.6 is 0 Å². The van der Waals surface area contributed by atoms with E-state index < -0.39 is 17.9 Å². The number of hydrazone groups is 1. The Morgan fingerprint density at radius 3 is 2.62 bits per heavy atom. The number of amides is 3. The van der Waals surface area contributed by atoms with Gasteiger partial charge in [-0.15, -0.1) is 0 Å². The zero-order valence-electron chi connectivity index (χ0n) is 13.1. The lowest BCUT2D eigenvalue weighted by molar-refractivity contribution is -0.136. The molecule has 0 atom stereocenters. The van der Waals surface area contributed by atoms with Crippen LogP contribution in [0.2, 0.25) is 0 Å². The predicted molar refractivity (Wildman–Crippen MR) is 86.9 cm³/mol.